The Balaban J connectivity index is 0.00000106. The molecular formula is C16H22N2O3. The molecule has 0 spiro atoms. The van der Waals surface area contributed by atoms with E-state index >= 15 is 0 Å². The first kappa shape index (κ1) is 16.9. The third kappa shape index (κ3) is 4.72. The Morgan fingerprint density at radius 2 is 1.76 bits per heavy atom. The summed E-state index contributed by atoms with van der Waals surface area (Å²) in [5, 5.41) is 8.95. The van der Waals surface area contributed by atoms with E-state index in [4.69, 9.17) is 9.84 Å². The molecule has 5 heteroatoms. The highest BCUT2D eigenvalue weighted by Gasteiger charge is 2.05. The fourth-order valence-corrected chi connectivity index (χ4v) is 1.69. The number of rotatable bonds is 4. The van der Waals surface area contributed by atoms with E-state index in [-0.39, 0.29) is 12.3 Å². The van der Waals surface area contributed by atoms with E-state index in [0.717, 1.165) is 16.7 Å². The molecule has 5 nitrogen and oxygen atoms in total. The molecule has 0 atom stereocenters. The monoisotopic (exact) mass is 290 g/mol. The number of aliphatic hydroxyl groups excluding tert-OH is 1. The highest BCUT2D eigenvalue weighted by atomic mass is 16.5. The average Bonchev–Trinajstić information content (AvgIpc) is 2.52. The van der Waals surface area contributed by atoms with Crippen LogP contribution in [0.3, 0.4) is 0 Å². The zero-order chi connectivity index (χ0) is 15.8. The second kappa shape index (κ2) is 8.21. The highest BCUT2D eigenvalue weighted by molar-refractivity contribution is 5.24. The maximum Gasteiger partial charge on any atom is 0.350 e. The molecule has 1 aromatic heterocycles. The Bertz CT molecular complexity index is 618. The molecule has 114 valence electrons. The van der Waals surface area contributed by atoms with Crippen molar-refractivity contribution in [2.24, 2.45) is 7.05 Å². The van der Waals surface area contributed by atoms with Crippen LogP contribution in [0.2, 0.25) is 0 Å². The van der Waals surface area contributed by atoms with Crippen LogP contribution in [0.15, 0.2) is 35.3 Å². The zero-order valence-corrected chi connectivity index (χ0v) is 13.0. The first-order valence-corrected chi connectivity index (χ1v) is 6.96. The Hall–Kier alpha value is -2.14. The fraction of sp³-hybridized carbons (Fsp3) is 0.375. The van der Waals surface area contributed by atoms with E-state index in [1.807, 2.05) is 45.0 Å². The van der Waals surface area contributed by atoms with Gasteiger partial charge in [-0.05, 0) is 18.1 Å². The quantitative estimate of drug-likeness (QED) is 0.937. The van der Waals surface area contributed by atoms with E-state index < -0.39 is 0 Å². The van der Waals surface area contributed by atoms with Crippen LogP contribution in [0.1, 0.15) is 30.5 Å². The van der Waals surface area contributed by atoms with Gasteiger partial charge in [-0.2, -0.15) is 4.98 Å². The van der Waals surface area contributed by atoms with Crippen LogP contribution in [0.5, 0.6) is 5.88 Å². The van der Waals surface area contributed by atoms with Gasteiger partial charge in [-0.1, -0.05) is 38.1 Å². The summed E-state index contributed by atoms with van der Waals surface area (Å²) < 4.78 is 6.96. The van der Waals surface area contributed by atoms with Crippen LogP contribution < -0.4 is 10.4 Å². The summed E-state index contributed by atoms with van der Waals surface area (Å²) in [4.78, 5) is 15.3. The number of nitrogens with zero attached hydrogens (tertiary/aromatic N) is 2. The minimum atomic E-state index is -0.337. The lowest BCUT2D eigenvalue weighted by molar-refractivity contribution is 0.280. The molecule has 0 unspecified atom stereocenters. The van der Waals surface area contributed by atoms with Gasteiger partial charge in [0.05, 0.1) is 6.61 Å². The van der Waals surface area contributed by atoms with Gasteiger partial charge in [0.15, 0.2) is 0 Å². The number of benzene rings is 1. The number of aromatic nitrogens is 2. The van der Waals surface area contributed by atoms with E-state index in [1.165, 1.54) is 4.57 Å². The molecule has 0 radical (unpaired) electrons. The minimum Gasteiger partial charge on any atom is -0.472 e. The van der Waals surface area contributed by atoms with Crippen molar-refractivity contribution in [3.8, 4) is 5.88 Å². The van der Waals surface area contributed by atoms with Crippen LogP contribution in [0.25, 0.3) is 0 Å². The predicted octanol–water partition coefficient (Wildman–Crippen LogP) is 2.19. The van der Waals surface area contributed by atoms with E-state index in [2.05, 4.69) is 4.98 Å². The van der Waals surface area contributed by atoms with Crippen molar-refractivity contribution in [3.63, 3.8) is 0 Å². The zero-order valence-electron chi connectivity index (χ0n) is 13.0. The molecule has 1 heterocycles. The van der Waals surface area contributed by atoms with Crippen LogP contribution in [0, 0.1) is 6.92 Å². The van der Waals surface area contributed by atoms with Crippen molar-refractivity contribution in [2.45, 2.75) is 34.0 Å². The van der Waals surface area contributed by atoms with Crippen molar-refractivity contribution in [1.82, 2.24) is 9.55 Å². The average molecular weight is 290 g/mol. The second-order valence-corrected chi connectivity index (χ2v) is 4.39. The van der Waals surface area contributed by atoms with Gasteiger partial charge in [-0.15, -0.1) is 0 Å². The smallest absolute Gasteiger partial charge is 0.350 e. The molecule has 0 aliphatic heterocycles. The lowest BCUT2D eigenvalue weighted by Crippen LogP contribution is -2.20. The molecule has 1 N–H and O–H groups in total. The summed E-state index contributed by atoms with van der Waals surface area (Å²) >= 11 is 0. The van der Waals surface area contributed by atoms with Crippen molar-refractivity contribution in [1.29, 1.82) is 0 Å². The Morgan fingerprint density at radius 1 is 1.19 bits per heavy atom. The SMILES string of the molecule is CC.Cc1cn(C)c(=O)nc1OCc1ccc(CO)cc1. The Labute approximate surface area is 124 Å². The summed E-state index contributed by atoms with van der Waals surface area (Å²) in [5.41, 5.74) is 2.29. The van der Waals surface area contributed by atoms with E-state index in [1.54, 1.807) is 13.2 Å². The standard InChI is InChI=1S/C14H16N2O3.C2H6/c1-10-7-16(2)14(18)15-13(10)19-9-12-5-3-11(8-17)4-6-12;1-2/h3-7,17H,8-9H2,1-2H3;1-2H3. The van der Waals surface area contributed by atoms with Crippen molar-refractivity contribution in [3.05, 3.63) is 57.6 Å². The molecular weight excluding hydrogens is 268 g/mol. The molecule has 1 aromatic carbocycles. The van der Waals surface area contributed by atoms with E-state index in [0.29, 0.717) is 12.5 Å². The maximum atomic E-state index is 11.4. The summed E-state index contributed by atoms with van der Waals surface area (Å²) in [6.45, 7) is 6.21. The van der Waals surface area contributed by atoms with Crippen molar-refractivity contribution >= 4 is 0 Å². The van der Waals surface area contributed by atoms with Crippen LogP contribution in [-0.2, 0) is 20.3 Å². The Morgan fingerprint density at radius 3 is 2.33 bits per heavy atom. The topological polar surface area (TPSA) is 64.4 Å². The highest BCUT2D eigenvalue weighted by Crippen LogP contribution is 2.13. The fourth-order valence-electron chi connectivity index (χ4n) is 1.69. The molecule has 0 amide bonds. The summed E-state index contributed by atoms with van der Waals surface area (Å²) in [7, 11) is 1.65. The third-order valence-corrected chi connectivity index (χ3v) is 2.80. The first-order chi connectivity index (χ1) is 10.1. The number of ether oxygens (including phenoxy) is 1. The number of hydrogen-bond donors (Lipinski definition) is 1. The molecule has 0 aliphatic rings. The largest absolute Gasteiger partial charge is 0.472 e. The normalized spacial score (nSPS) is 9.76. The van der Waals surface area contributed by atoms with Crippen LogP contribution in [-0.4, -0.2) is 14.7 Å². The minimum absolute atomic E-state index is 0.0243. The summed E-state index contributed by atoms with van der Waals surface area (Å²) in [6, 6.07) is 7.43. The molecule has 0 bridgehead atoms. The van der Waals surface area contributed by atoms with Gasteiger partial charge in [-0.25, -0.2) is 4.79 Å². The number of aliphatic hydroxyl groups is 1. The molecule has 2 rings (SSSR count). The molecule has 0 saturated heterocycles. The van der Waals surface area contributed by atoms with Crippen LogP contribution >= 0.6 is 0 Å². The van der Waals surface area contributed by atoms with Crippen LogP contribution in [0.4, 0.5) is 0 Å². The summed E-state index contributed by atoms with van der Waals surface area (Å²) in [5.74, 6) is 0.356. The van der Waals surface area contributed by atoms with Gasteiger partial charge < -0.3 is 14.4 Å². The first-order valence-electron chi connectivity index (χ1n) is 6.96. The molecule has 0 fully saturated rings. The van der Waals surface area contributed by atoms with Gasteiger partial charge in [0.25, 0.3) is 0 Å². The lowest BCUT2D eigenvalue weighted by atomic mass is 10.1. The van der Waals surface area contributed by atoms with Gasteiger partial charge >= 0.3 is 5.69 Å². The molecule has 2 aromatic rings. The summed E-state index contributed by atoms with van der Waals surface area (Å²) in [6.07, 6.45) is 1.69. The second-order valence-electron chi connectivity index (χ2n) is 4.39. The lowest BCUT2D eigenvalue weighted by Gasteiger charge is -2.09. The number of aryl methyl sites for hydroxylation is 2. The molecule has 21 heavy (non-hydrogen) atoms. The number of hydrogen-bond acceptors (Lipinski definition) is 4. The predicted molar refractivity (Wildman–Crippen MR) is 82.3 cm³/mol. The van der Waals surface area contributed by atoms with Crippen molar-refractivity contribution in [2.75, 3.05) is 0 Å². The van der Waals surface area contributed by atoms with Gasteiger partial charge in [0.1, 0.15) is 6.61 Å². The molecule has 0 saturated carbocycles. The van der Waals surface area contributed by atoms with Gasteiger partial charge in [0.2, 0.25) is 5.88 Å². The Kier molecular flexibility index (Phi) is 6.62. The van der Waals surface area contributed by atoms with E-state index in [9.17, 15) is 4.79 Å². The van der Waals surface area contributed by atoms with Gasteiger partial charge in [0, 0.05) is 18.8 Å². The molecule has 0 aliphatic carbocycles. The van der Waals surface area contributed by atoms with Gasteiger partial charge in [-0.3, -0.25) is 0 Å². The third-order valence-electron chi connectivity index (χ3n) is 2.80. The maximum absolute atomic E-state index is 11.4. The van der Waals surface area contributed by atoms with Crippen molar-refractivity contribution < 1.29 is 9.84 Å².